The lowest BCUT2D eigenvalue weighted by Gasteiger charge is -2.32. The average molecular weight is 433 g/mol. The van der Waals surface area contributed by atoms with Gasteiger partial charge in [-0.2, -0.15) is 4.31 Å². The van der Waals surface area contributed by atoms with Crippen LogP contribution in [0.1, 0.15) is 34.5 Å². The monoisotopic (exact) mass is 432 g/mol. The van der Waals surface area contributed by atoms with Crippen LogP contribution in [0.25, 0.3) is 0 Å². The van der Waals surface area contributed by atoms with Crippen molar-refractivity contribution in [3.05, 3.63) is 53.3 Å². The summed E-state index contributed by atoms with van der Waals surface area (Å²) >= 11 is 0. The molecule has 30 heavy (non-hydrogen) atoms. The van der Waals surface area contributed by atoms with Crippen molar-refractivity contribution < 1.29 is 18.0 Å². The minimum Gasteiger partial charge on any atom is -0.364 e. The van der Waals surface area contributed by atoms with Gasteiger partial charge in [0, 0.05) is 45.8 Å². The van der Waals surface area contributed by atoms with Crippen LogP contribution in [0, 0.1) is 12.8 Å². The molecule has 0 aliphatic carbocycles. The van der Waals surface area contributed by atoms with E-state index in [1.165, 1.54) is 26.7 Å². The van der Waals surface area contributed by atoms with Gasteiger partial charge >= 0.3 is 0 Å². The number of nitrogens with zero attached hydrogens (tertiary/aromatic N) is 3. The minimum atomic E-state index is -3.74. The number of rotatable bonds is 6. The van der Waals surface area contributed by atoms with Crippen LogP contribution in [-0.4, -0.2) is 54.1 Å². The third-order valence-corrected chi connectivity index (χ3v) is 7.45. The number of benzene rings is 1. The number of nitrogens with two attached hydrogens (primary N) is 1. The molecule has 2 amide bonds. The number of primary amides is 1. The Balaban J connectivity index is 1.62. The molecule has 1 aromatic carbocycles. The molecule has 1 aliphatic rings. The van der Waals surface area contributed by atoms with Crippen LogP contribution in [-0.2, 0) is 28.4 Å². The van der Waals surface area contributed by atoms with Gasteiger partial charge < -0.3 is 15.2 Å². The van der Waals surface area contributed by atoms with Gasteiger partial charge in [0.1, 0.15) is 10.6 Å². The van der Waals surface area contributed by atoms with Crippen LogP contribution in [0.4, 0.5) is 0 Å². The van der Waals surface area contributed by atoms with Gasteiger partial charge in [-0.25, -0.2) is 8.42 Å². The van der Waals surface area contributed by atoms with Gasteiger partial charge in [-0.3, -0.25) is 9.59 Å². The molecule has 1 aromatic heterocycles. The Morgan fingerprint density at radius 2 is 1.77 bits per heavy atom. The summed E-state index contributed by atoms with van der Waals surface area (Å²) < 4.78 is 28.6. The van der Waals surface area contributed by atoms with Gasteiger partial charge in [0.25, 0.3) is 5.91 Å². The lowest BCUT2D eigenvalue weighted by atomic mass is 9.96. The Bertz CT molecular complexity index is 1040. The number of carbonyl (C=O) groups excluding carboxylic acids is 2. The number of sulfonamides is 1. The highest BCUT2D eigenvalue weighted by Gasteiger charge is 2.34. The zero-order chi connectivity index (χ0) is 22.1. The molecule has 0 bridgehead atoms. The lowest BCUT2D eigenvalue weighted by Crippen LogP contribution is -2.43. The predicted molar refractivity (Wildman–Crippen MR) is 113 cm³/mol. The maximum atomic E-state index is 12.9. The normalized spacial score (nSPS) is 15.8. The maximum Gasteiger partial charge on any atom is 0.265 e. The number of amides is 2. The second-order valence-corrected chi connectivity index (χ2v) is 9.83. The summed E-state index contributed by atoms with van der Waals surface area (Å²) in [6.07, 6.45) is 2.32. The Hall–Kier alpha value is -2.65. The van der Waals surface area contributed by atoms with Crippen molar-refractivity contribution in [3.8, 4) is 0 Å². The van der Waals surface area contributed by atoms with E-state index in [4.69, 9.17) is 5.73 Å². The molecule has 2 N–H and O–H groups in total. The molecule has 0 radical (unpaired) electrons. The summed E-state index contributed by atoms with van der Waals surface area (Å²) in [6, 6.07) is 9.35. The van der Waals surface area contributed by atoms with E-state index in [0.29, 0.717) is 19.4 Å². The molecule has 2 heterocycles. The number of piperidine rings is 1. The summed E-state index contributed by atoms with van der Waals surface area (Å²) in [6.45, 7) is 3.07. The third-order valence-electron chi connectivity index (χ3n) is 5.59. The Kier molecular flexibility index (Phi) is 6.33. The SMILES string of the molecule is Cc1ccc(CN(C)C(=O)C2CCN(S(=O)(=O)c3cc(C(N)=O)n(C)c3)CC2)cc1. The molecule has 162 valence electrons. The number of aryl methyl sites for hydroxylation is 2. The maximum absolute atomic E-state index is 12.9. The highest BCUT2D eigenvalue weighted by molar-refractivity contribution is 7.89. The first kappa shape index (κ1) is 22.0. The van der Waals surface area contributed by atoms with Crippen LogP contribution in [0.3, 0.4) is 0 Å². The van der Waals surface area contributed by atoms with Gasteiger partial charge in [-0.15, -0.1) is 0 Å². The molecule has 0 unspecified atom stereocenters. The van der Waals surface area contributed by atoms with E-state index in [9.17, 15) is 18.0 Å². The molecule has 9 heteroatoms. The summed E-state index contributed by atoms with van der Waals surface area (Å²) in [7, 11) is -0.384. The van der Waals surface area contributed by atoms with Crippen molar-refractivity contribution in [2.24, 2.45) is 18.7 Å². The first-order chi connectivity index (χ1) is 14.1. The average Bonchev–Trinajstić information content (AvgIpc) is 3.12. The van der Waals surface area contributed by atoms with Gasteiger partial charge in [0.2, 0.25) is 15.9 Å². The Morgan fingerprint density at radius 1 is 1.17 bits per heavy atom. The van der Waals surface area contributed by atoms with Crippen molar-refractivity contribution in [2.75, 3.05) is 20.1 Å². The van der Waals surface area contributed by atoms with Gasteiger partial charge in [-0.05, 0) is 31.4 Å². The summed E-state index contributed by atoms with van der Waals surface area (Å²) in [5, 5.41) is 0. The molecule has 0 spiro atoms. The largest absolute Gasteiger partial charge is 0.364 e. The van der Waals surface area contributed by atoms with Crippen molar-refractivity contribution in [1.82, 2.24) is 13.8 Å². The van der Waals surface area contributed by atoms with E-state index < -0.39 is 15.9 Å². The molecular weight excluding hydrogens is 404 g/mol. The number of hydrogen-bond donors (Lipinski definition) is 1. The molecule has 0 atom stereocenters. The molecule has 0 saturated carbocycles. The van der Waals surface area contributed by atoms with E-state index in [1.807, 2.05) is 31.2 Å². The highest BCUT2D eigenvalue weighted by atomic mass is 32.2. The second kappa shape index (κ2) is 8.61. The smallest absolute Gasteiger partial charge is 0.265 e. The Morgan fingerprint density at radius 3 is 2.30 bits per heavy atom. The minimum absolute atomic E-state index is 0.0309. The first-order valence-corrected chi connectivity index (χ1v) is 11.3. The van der Waals surface area contributed by atoms with Crippen molar-refractivity contribution in [3.63, 3.8) is 0 Å². The molecule has 3 rings (SSSR count). The fraction of sp³-hybridized carbons (Fsp3) is 0.429. The number of aromatic nitrogens is 1. The van der Waals surface area contributed by atoms with Crippen LogP contribution in [0.15, 0.2) is 41.4 Å². The second-order valence-electron chi connectivity index (χ2n) is 7.89. The molecule has 1 aliphatic heterocycles. The fourth-order valence-electron chi connectivity index (χ4n) is 3.77. The van der Waals surface area contributed by atoms with Crippen LogP contribution in [0.2, 0.25) is 0 Å². The summed E-state index contributed by atoms with van der Waals surface area (Å²) in [5.41, 5.74) is 7.65. The zero-order valence-electron chi connectivity index (χ0n) is 17.5. The third kappa shape index (κ3) is 4.57. The van der Waals surface area contributed by atoms with Gasteiger partial charge in [-0.1, -0.05) is 29.8 Å². The predicted octanol–water partition coefficient (Wildman–Crippen LogP) is 1.49. The quantitative estimate of drug-likeness (QED) is 0.746. The lowest BCUT2D eigenvalue weighted by molar-refractivity contribution is -0.135. The van der Waals surface area contributed by atoms with Gasteiger partial charge in [0.15, 0.2) is 0 Å². The van der Waals surface area contributed by atoms with E-state index >= 15 is 0 Å². The standard InChI is InChI=1S/C21H28N4O4S/c1-15-4-6-16(7-5-15)13-24(3)21(27)17-8-10-25(11-9-17)30(28,29)18-12-19(20(22)26)23(2)14-18/h4-7,12,14,17H,8-11,13H2,1-3H3,(H2,22,26). The van der Waals surface area contributed by atoms with Crippen molar-refractivity contribution >= 4 is 21.8 Å². The number of hydrogen-bond acceptors (Lipinski definition) is 4. The van der Waals surface area contributed by atoms with Crippen LogP contribution < -0.4 is 5.73 Å². The molecule has 8 nitrogen and oxygen atoms in total. The molecule has 1 fully saturated rings. The van der Waals surface area contributed by atoms with E-state index in [1.54, 1.807) is 19.0 Å². The van der Waals surface area contributed by atoms with Crippen LogP contribution in [0.5, 0.6) is 0 Å². The first-order valence-electron chi connectivity index (χ1n) is 9.86. The van der Waals surface area contributed by atoms with E-state index in [0.717, 1.165) is 5.56 Å². The molecule has 1 saturated heterocycles. The van der Waals surface area contributed by atoms with E-state index in [2.05, 4.69) is 0 Å². The van der Waals surface area contributed by atoms with Crippen molar-refractivity contribution in [1.29, 1.82) is 0 Å². The van der Waals surface area contributed by atoms with E-state index in [-0.39, 0.29) is 35.5 Å². The summed E-state index contributed by atoms with van der Waals surface area (Å²) in [4.78, 5) is 26.0. The fourth-order valence-corrected chi connectivity index (χ4v) is 5.31. The van der Waals surface area contributed by atoms with Crippen LogP contribution >= 0.6 is 0 Å². The zero-order valence-corrected chi connectivity index (χ0v) is 18.4. The highest BCUT2D eigenvalue weighted by Crippen LogP contribution is 2.26. The summed E-state index contributed by atoms with van der Waals surface area (Å²) in [5.74, 6) is -0.855. The molecule has 2 aromatic rings. The molecular formula is C21H28N4O4S. The number of carbonyl (C=O) groups is 2. The van der Waals surface area contributed by atoms with Gasteiger partial charge in [0.05, 0.1) is 0 Å². The Labute approximate surface area is 177 Å². The van der Waals surface area contributed by atoms with Crippen molar-refractivity contribution in [2.45, 2.75) is 31.2 Å². The topological polar surface area (TPSA) is 106 Å².